The third-order valence-electron chi connectivity index (χ3n) is 8.18. The summed E-state index contributed by atoms with van der Waals surface area (Å²) in [6.07, 6.45) is 3.37. The number of hydrogen-bond acceptors (Lipinski definition) is 7. The van der Waals surface area contributed by atoms with Gasteiger partial charge in [-0.05, 0) is 60.0 Å². The Kier molecular flexibility index (Phi) is 7.20. The van der Waals surface area contributed by atoms with E-state index in [1.54, 1.807) is 4.90 Å². The van der Waals surface area contributed by atoms with Crippen molar-refractivity contribution in [1.82, 2.24) is 24.3 Å². The number of phenolic OH excluding ortho intramolecular Hbond substituents is 1. The molecule has 0 radical (unpaired) electrons. The lowest BCUT2D eigenvalue weighted by molar-refractivity contribution is -0.126. The van der Waals surface area contributed by atoms with E-state index in [2.05, 4.69) is 40.0 Å². The molecular weight excluding hydrogens is 566 g/mol. The predicted molar refractivity (Wildman–Crippen MR) is 176 cm³/mol. The summed E-state index contributed by atoms with van der Waals surface area (Å²) in [5, 5.41) is 17.2. The van der Waals surface area contributed by atoms with Gasteiger partial charge in [0.15, 0.2) is 0 Å². The van der Waals surface area contributed by atoms with Crippen molar-refractivity contribution < 1.29 is 9.90 Å². The molecule has 9 nitrogen and oxygen atoms in total. The predicted octanol–water partition coefficient (Wildman–Crippen LogP) is 3.31. The molecule has 4 heterocycles. The Balaban J connectivity index is 1.83. The van der Waals surface area contributed by atoms with E-state index in [0.29, 0.717) is 64.9 Å². The summed E-state index contributed by atoms with van der Waals surface area (Å²) in [7, 11) is 5.55. The van der Waals surface area contributed by atoms with E-state index in [1.165, 1.54) is 16.8 Å². The molecular formula is C31H32N6O3P2. The Morgan fingerprint density at radius 3 is 2.62 bits per heavy atom. The number of amides is 1. The van der Waals surface area contributed by atoms with E-state index in [0.717, 1.165) is 26.9 Å². The van der Waals surface area contributed by atoms with Crippen LogP contribution in [-0.4, -0.2) is 60.9 Å². The number of hydrogen-bond donors (Lipinski definition) is 1. The van der Waals surface area contributed by atoms with Crippen molar-refractivity contribution in [3.05, 3.63) is 71.1 Å². The van der Waals surface area contributed by atoms with Crippen molar-refractivity contribution in [2.75, 3.05) is 24.5 Å². The number of anilines is 1. The van der Waals surface area contributed by atoms with Crippen molar-refractivity contribution in [3.63, 3.8) is 0 Å². The first-order valence-electron chi connectivity index (χ1n) is 13.8. The molecule has 1 N–H and O–H groups in total. The number of rotatable bonds is 3. The zero-order valence-electron chi connectivity index (χ0n) is 23.8. The summed E-state index contributed by atoms with van der Waals surface area (Å²) in [6.45, 7) is 11.0. The fourth-order valence-electron chi connectivity index (χ4n) is 6.12. The van der Waals surface area contributed by atoms with Crippen LogP contribution in [0.15, 0.2) is 54.1 Å². The first-order valence-corrected chi connectivity index (χ1v) is 15.0. The molecule has 2 bridgehead atoms. The highest BCUT2D eigenvalue weighted by Crippen LogP contribution is 2.39. The molecule has 3 aromatic heterocycles. The fraction of sp³-hybridized carbons (Fsp3) is 0.258. The highest BCUT2D eigenvalue weighted by Gasteiger charge is 2.30. The van der Waals surface area contributed by atoms with Gasteiger partial charge in [0.05, 0.1) is 16.7 Å². The summed E-state index contributed by atoms with van der Waals surface area (Å²) < 4.78 is 1.47. The van der Waals surface area contributed by atoms with Gasteiger partial charge >= 0.3 is 5.69 Å². The zero-order valence-corrected chi connectivity index (χ0v) is 26.1. The second-order valence-electron chi connectivity index (χ2n) is 10.7. The normalized spacial score (nSPS) is 15.6. The number of phenols is 1. The first kappa shape index (κ1) is 28.2. The maximum absolute atomic E-state index is 14.1. The molecule has 1 fully saturated rings. The van der Waals surface area contributed by atoms with E-state index in [1.807, 2.05) is 56.0 Å². The number of aryl methyl sites for hydroxylation is 2. The minimum atomic E-state index is -0.537. The van der Waals surface area contributed by atoms with Crippen LogP contribution in [0.2, 0.25) is 0 Å². The topological polar surface area (TPSA) is 104 Å². The summed E-state index contributed by atoms with van der Waals surface area (Å²) >= 11 is 0. The number of carbonyl (C=O) groups is 1. The molecule has 0 aliphatic carbocycles. The van der Waals surface area contributed by atoms with Gasteiger partial charge in [0.25, 0.3) is 0 Å². The van der Waals surface area contributed by atoms with E-state index in [-0.39, 0.29) is 17.7 Å². The third-order valence-corrected chi connectivity index (χ3v) is 9.64. The average Bonchev–Trinajstić information content (AvgIpc) is 2.98. The van der Waals surface area contributed by atoms with Gasteiger partial charge in [-0.25, -0.2) is 14.8 Å². The molecule has 0 spiro atoms. The molecule has 1 aliphatic heterocycles. The second-order valence-corrected chi connectivity index (χ2v) is 11.9. The molecule has 2 aromatic carbocycles. The Morgan fingerprint density at radius 1 is 1.14 bits per heavy atom. The van der Waals surface area contributed by atoms with Crippen LogP contribution in [0.4, 0.5) is 5.82 Å². The quantitative estimate of drug-likeness (QED) is 0.251. The number of benzene rings is 2. The van der Waals surface area contributed by atoms with Crippen LogP contribution in [0.3, 0.4) is 0 Å². The molecule has 11 heteroatoms. The molecule has 1 saturated heterocycles. The molecule has 214 valence electrons. The van der Waals surface area contributed by atoms with Gasteiger partial charge in [0.1, 0.15) is 23.4 Å². The number of aromatic hydroxyl groups is 1. The van der Waals surface area contributed by atoms with Crippen LogP contribution in [0.1, 0.15) is 25.1 Å². The number of fused-ring (bicyclic) bond motifs is 5. The summed E-state index contributed by atoms with van der Waals surface area (Å²) in [4.78, 5) is 43.9. The fourth-order valence-corrected chi connectivity index (χ4v) is 6.77. The third kappa shape index (κ3) is 4.34. The molecule has 2 unspecified atom stereocenters. The Labute approximate surface area is 247 Å². The summed E-state index contributed by atoms with van der Waals surface area (Å²) in [6, 6.07) is 9.77. The van der Waals surface area contributed by atoms with Gasteiger partial charge in [-0.3, -0.25) is 9.20 Å². The first-order chi connectivity index (χ1) is 20.2. The largest absolute Gasteiger partial charge is 0.505 e. The standard InChI is InChI=1S/C31H32N6O3P2/c1-5-20-27-21(33-15-32-20)9-7-18-8-10-22(41)29(42)25(18)24-16(3)13-19-26(28(24)39)37(27)31(40)34-30(19)36-12-11-35(14-17(36)4)23(38)6-2/h6-10,13,15,17,39H,2,5,11-12,14,41-42H2,1,3-4H3/t17-/m0/s1. The van der Waals surface area contributed by atoms with Crippen LogP contribution in [-0.2, 0) is 11.2 Å². The molecule has 6 rings (SSSR count). The van der Waals surface area contributed by atoms with Crippen molar-refractivity contribution in [2.24, 2.45) is 0 Å². The SMILES string of the molecule is C=CC(=O)N1CCN(c2nc(=O)n3c4c(CC)ncnc4ccc4ccc(P)c(P)c4c4c(C)cc2c3c4O)[C@@H](C)C1. The molecule has 5 aromatic rings. The van der Waals surface area contributed by atoms with Gasteiger partial charge in [-0.15, -0.1) is 18.5 Å². The number of nitrogens with zero attached hydrogens (tertiary/aromatic N) is 6. The van der Waals surface area contributed by atoms with Crippen LogP contribution in [0.25, 0.3) is 38.1 Å². The zero-order chi connectivity index (χ0) is 29.9. The second kappa shape index (κ2) is 10.7. The van der Waals surface area contributed by atoms with Crippen molar-refractivity contribution in [2.45, 2.75) is 33.2 Å². The van der Waals surface area contributed by atoms with Gasteiger partial charge < -0.3 is 14.9 Å². The Morgan fingerprint density at radius 2 is 1.90 bits per heavy atom. The smallest absolute Gasteiger partial charge is 0.354 e. The van der Waals surface area contributed by atoms with E-state index < -0.39 is 5.69 Å². The van der Waals surface area contributed by atoms with Gasteiger partial charge in [0.2, 0.25) is 5.91 Å². The lowest BCUT2D eigenvalue weighted by atomic mass is 9.99. The van der Waals surface area contributed by atoms with E-state index >= 15 is 0 Å². The highest BCUT2D eigenvalue weighted by atomic mass is 31.0. The van der Waals surface area contributed by atoms with Crippen LogP contribution >= 0.6 is 18.5 Å². The maximum atomic E-state index is 14.1. The molecule has 0 saturated carbocycles. The van der Waals surface area contributed by atoms with Crippen molar-refractivity contribution >= 4 is 78.9 Å². The van der Waals surface area contributed by atoms with Crippen molar-refractivity contribution in [3.8, 4) is 5.75 Å². The Bertz CT molecular complexity index is 2060. The number of piperazine rings is 1. The molecule has 42 heavy (non-hydrogen) atoms. The number of carbonyl (C=O) groups excluding carboxylic acids is 1. The maximum Gasteiger partial charge on any atom is 0.354 e. The molecule has 1 amide bonds. The van der Waals surface area contributed by atoms with Gasteiger partial charge in [-0.2, -0.15) is 4.98 Å². The highest BCUT2D eigenvalue weighted by molar-refractivity contribution is 7.36. The summed E-state index contributed by atoms with van der Waals surface area (Å²) in [5.41, 5.74) is 2.39. The van der Waals surface area contributed by atoms with Crippen LogP contribution in [0, 0.1) is 6.92 Å². The number of aromatic nitrogens is 4. The average molecular weight is 599 g/mol. The van der Waals surface area contributed by atoms with Crippen LogP contribution < -0.4 is 21.2 Å². The van der Waals surface area contributed by atoms with E-state index in [9.17, 15) is 14.7 Å². The molecule has 1 aliphatic rings. The summed E-state index contributed by atoms with van der Waals surface area (Å²) in [5.74, 6) is 0.343. The molecule has 3 atom stereocenters. The van der Waals surface area contributed by atoms with Crippen LogP contribution in [0.5, 0.6) is 5.75 Å². The van der Waals surface area contributed by atoms with Gasteiger partial charge in [-0.1, -0.05) is 31.7 Å². The monoisotopic (exact) mass is 598 g/mol. The minimum absolute atomic E-state index is 0.00780. The Hall–Kier alpha value is -3.93. The van der Waals surface area contributed by atoms with Crippen molar-refractivity contribution in [1.29, 1.82) is 0 Å². The minimum Gasteiger partial charge on any atom is -0.505 e. The lowest BCUT2D eigenvalue weighted by Crippen LogP contribution is -2.54. The van der Waals surface area contributed by atoms with E-state index in [4.69, 9.17) is 0 Å². The van der Waals surface area contributed by atoms with Gasteiger partial charge in [0, 0.05) is 41.8 Å². The lowest BCUT2D eigenvalue weighted by Gasteiger charge is -2.40.